The first-order valence-electron chi connectivity index (χ1n) is 9.56. The van der Waals surface area contributed by atoms with Crippen LogP contribution in [-0.2, 0) is 4.79 Å². The number of piperidine rings is 1. The van der Waals surface area contributed by atoms with Crippen molar-refractivity contribution in [2.24, 2.45) is 5.92 Å². The van der Waals surface area contributed by atoms with Crippen molar-refractivity contribution >= 4 is 5.91 Å². The number of likely N-dealkylation sites (tertiary alicyclic amines) is 1. The zero-order chi connectivity index (χ0) is 18.8. The summed E-state index contributed by atoms with van der Waals surface area (Å²) in [5, 5.41) is 2.92. The Hall–Kier alpha value is -1.79. The monoisotopic (exact) mass is 363 g/mol. The minimum atomic E-state index is 0.0481. The Morgan fingerprint density at radius 2 is 1.96 bits per heavy atom. The number of ether oxygens (including phenoxy) is 2. The fourth-order valence-electron chi connectivity index (χ4n) is 3.39. The second-order valence-corrected chi connectivity index (χ2v) is 7.07. The van der Waals surface area contributed by atoms with Crippen molar-refractivity contribution in [1.82, 2.24) is 15.1 Å². The lowest BCUT2D eigenvalue weighted by Gasteiger charge is -2.32. The number of nitrogens with one attached hydrogen (secondary N) is 1. The van der Waals surface area contributed by atoms with Crippen molar-refractivity contribution in [1.29, 1.82) is 0 Å². The summed E-state index contributed by atoms with van der Waals surface area (Å²) in [7, 11) is 4.19. The number of carbonyl (C=O) groups excluding carboxylic acids is 1. The highest BCUT2D eigenvalue weighted by molar-refractivity contribution is 5.77. The lowest BCUT2D eigenvalue weighted by Crippen LogP contribution is -2.42. The minimum absolute atomic E-state index is 0.0481. The van der Waals surface area contributed by atoms with Crippen molar-refractivity contribution in [3.05, 3.63) is 24.3 Å². The van der Waals surface area contributed by atoms with Gasteiger partial charge in [-0.2, -0.15) is 0 Å². The van der Waals surface area contributed by atoms with Gasteiger partial charge in [-0.05, 0) is 70.6 Å². The third kappa shape index (κ3) is 7.62. The normalized spacial score (nSPS) is 17.9. The summed E-state index contributed by atoms with van der Waals surface area (Å²) in [5.41, 5.74) is 0. The largest absolute Gasteiger partial charge is 0.494 e. The van der Waals surface area contributed by atoms with Crippen LogP contribution in [0.3, 0.4) is 0 Å². The standard InChI is InChI=1S/C20H33N3O3/c1-4-25-18-7-9-19(10-8-18)26-13-11-21-20(24)16-23(3)15-17-6-5-12-22(2)14-17/h7-10,17H,4-6,11-16H2,1-3H3,(H,21,24). The zero-order valence-electron chi connectivity index (χ0n) is 16.4. The summed E-state index contributed by atoms with van der Waals surface area (Å²) in [6, 6.07) is 7.52. The SMILES string of the molecule is CCOc1ccc(OCCNC(=O)CN(C)CC2CCCN(C)C2)cc1. The summed E-state index contributed by atoms with van der Waals surface area (Å²) in [6.07, 6.45) is 2.51. The summed E-state index contributed by atoms with van der Waals surface area (Å²) in [4.78, 5) is 16.5. The van der Waals surface area contributed by atoms with E-state index in [-0.39, 0.29) is 5.91 Å². The quantitative estimate of drug-likeness (QED) is 0.643. The van der Waals surface area contributed by atoms with E-state index in [0.29, 0.717) is 32.2 Å². The molecule has 1 atom stereocenters. The lowest BCUT2D eigenvalue weighted by molar-refractivity contribution is -0.122. The number of rotatable bonds is 10. The van der Waals surface area contributed by atoms with E-state index in [9.17, 15) is 4.79 Å². The van der Waals surface area contributed by atoms with E-state index < -0.39 is 0 Å². The molecular weight excluding hydrogens is 330 g/mol. The van der Waals surface area contributed by atoms with Crippen LogP contribution in [0.2, 0.25) is 0 Å². The van der Waals surface area contributed by atoms with Gasteiger partial charge in [0.25, 0.3) is 0 Å². The van der Waals surface area contributed by atoms with Gasteiger partial charge in [0.05, 0.1) is 19.7 Å². The van der Waals surface area contributed by atoms with Gasteiger partial charge in [-0.3, -0.25) is 9.69 Å². The van der Waals surface area contributed by atoms with Crippen LogP contribution < -0.4 is 14.8 Å². The summed E-state index contributed by atoms with van der Waals surface area (Å²) in [5.74, 6) is 2.32. The molecule has 1 amide bonds. The number of nitrogens with zero attached hydrogens (tertiary/aromatic N) is 2. The Morgan fingerprint density at radius 1 is 1.27 bits per heavy atom. The first-order chi connectivity index (χ1) is 12.6. The predicted molar refractivity (Wildman–Crippen MR) is 104 cm³/mol. The molecule has 146 valence electrons. The molecule has 0 bridgehead atoms. The molecule has 0 spiro atoms. The Kier molecular flexibility index (Phi) is 8.71. The molecule has 1 aliphatic rings. The van der Waals surface area contributed by atoms with E-state index >= 15 is 0 Å². The number of hydrogen-bond donors (Lipinski definition) is 1. The smallest absolute Gasteiger partial charge is 0.234 e. The molecule has 1 aliphatic heterocycles. The Labute approximate surface area is 157 Å². The van der Waals surface area contributed by atoms with E-state index in [1.165, 1.54) is 19.4 Å². The molecule has 0 aromatic heterocycles. The topological polar surface area (TPSA) is 54.0 Å². The van der Waals surface area contributed by atoms with E-state index in [2.05, 4.69) is 22.2 Å². The van der Waals surface area contributed by atoms with Gasteiger partial charge in [0.1, 0.15) is 18.1 Å². The van der Waals surface area contributed by atoms with Crippen LogP contribution in [0.4, 0.5) is 0 Å². The second-order valence-electron chi connectivity index (χ2n) is 7.07. The van der Waals surface area contributed by atoms with Crippen LogP contribution in [0.1, 0.15) is 19.8 Å². The Balaban J connectivity index is 1.58. The number of benzene rings is 1. The molecule has 6 nitrogen and oxygen atoms in total. The molecule has 1 N–H and O–H groups in total. The Morgan fingerprint density at radius 3 is 2.62 bits per heavy atom. The third-order valence-electron chi connectivity index (χ3n) is 4.53. The fourth-order valence-corrected chi connectivity index (χ4v) is 3.39. The highest BCUT2D eigenvalue weighted by Crippen LogP contribution is 2.17. The maximum absolute atomic E-state index is 12.1. The molecule has 2 rings (SSSR count). The minimum Gasteiger partial charge on any atom is -0.494 e. The van der Waals surface area contributed by atoms with Crippen molar-refractivity contribution in [2.45, 2.75) is 19.8 Å². The van der Waals surface area contributed by atoms with Crippen molar-refractivity contribution in [3.63, 3.8) is 0 Å². The molecule has 1 heterocycles. The molecule has 0 radical (unpaired) electrons. The molecular formula is C20H33N3O3. The predicted octanol–water partition coefficient (Wildman–Crippen LogP) is 1.85. The van der Waals surface area contributed by atoms with Gasteiger partial charge >= 0.3 is 0 Å². The van der Waals surface area contributed by atoms with Gasteiger partial charge in [-0.15, -0.1) is 0 Å². The lowest BCUT2D eigenvalue weighted by atomic mass is 9.98. The molecule has 1 saturated heterocycles. The van der Waals surface area contributed by atoms with Crippen LogP contribution in [0.5, 0.6) is 11.5 Å². The highest BCUT2D eigenvalue weighted by atomic mass is 16.5. The molecule has 0 saturated carbocycles. The van der Waals surface area contributed by atoms with E-state index in [0.717, 1.165) is 24.6 Å². The van der Waals surface area contributed by atoms with Crippen molar-refractivity contribution in [3.8, 4) is 11.5 Å². The molecule has 1 aromatic carbocycles. The number of carbonyl (C=O) groups is 1. The van der Waals surface area contributed by atoms with Gasteiger partial charge < -0.3 is 19.7 Å². The first-order valence-corrected chi connectivity index (χ1v) is 9.56. The average molecular weight is 364 g/mol. The maximum atomic E-state index is 12.1. The number of likely N-dealkylation sites (N-methyl/N-ethyl adjacent to an activating group) is 1. The molecule has 0 aliphatic carbocycles. The van der Waals surface area contributed by atoms with Crippen LogP contribution in [0, 0.1) is 5.92 Å². The van der Waals surface area contributed by atoms with Gasteiger partial charge in [0.2, 0.25) is 5.91 Å². The number of hydrogen-bond acceptors (Lipinski definition) is 5. The van der Waals surface area contributed by atoms with E-state index in [1.54, 1.807) is 0 Å². The Bertz CT molecular complexity index is 536. The summed E-state index contributed by atoms with van der Waals surface area (Å²) >= 11 is 0. The summed E-state index contributed by atoms with van der Waals surface area (Å²) < 4.78 is 11.0. The van der Waals surface area contributed by atoms with Gasteiger partial charge in [0.15, 0.2) is 0 Å². The van der Waals surface area contributed by atoms with Gasteiger partial charge in [0, 0.05) is 13.1 Å². The fraction of sp³-hybridized carbons (Fsp3) is 0.650. The molecule has 1 unspecified atom stereocenters. The van der Waals surface area contributed by atoms with Crippen LogP contribution >= 0.6 is 0 Å². The van der Waals surface area contributed by atoms with Crippen LogP contribution in [-0.4, -0.2) is 75.7 Å². The van der Waals surface area contributed by atoms with E-state index in [4.69, 9.17) is 9.47 Å². The van der Waals surface area contributed by atoms with Crippen molar-refractivity contribution in [2.75, 3.05) is 60.0 Å². The maximum Gasteiger partial charge on any atom is 0.234 e. The zero-order valence-corrected chi connectivity index (χ0v) is 16.4. The number of amides is 1. The van der Waals surface area contributed by atoms with Crippen molar-refractivity contribution < 1.29 is 14.3 Å². The van der Waals surface area contributed by atoms with Gasteiger partial charge in [-0.25, -0.2) is 0 Å². The average Bonchev–Trinajstić information content (AvgIpc) is 2.60. The molecule has 6 heteroatoms. The molecule has 1 aromatic rings. The molecule has 1 fully saturated rings. The van der Waals surface area contributed by atoms with Gasteiger partial charge in [-0.1, -0.05) is 0 Å². The van der Waals surface area contributed by atoms with E-state index in [1.807, 2.05) is 38.2 Å². The first kappa shape index (κ1) is 20.5. The van der Waals surface area contributed by atoms with Crippen LogP contribution in [0.15, 0.2) is 24.3 Å². The third-order valence-corrected chi connectivity index (χ3v) is 4.53. The molecule has 26 heavy (non-hydrogen) atoms. The highest BCUT2D eigenvalue weighted by Gasteiger charge is 2.19. The summed E-state index contributed by atoms with van der Waals surface area (Å²) in [6.45, 7) is 7.29. The van der Waals surface area contributed by atoms with Crippen LogP contribution in [0.25, 0.3) is 0 Å². The second kappa shape index (κ2) is 11.0.